The molecule has 0 saturated heterocycles. The quantitative estimate of drug-likeness (QED) is 0.425. The Morgan fingerprint density at radius 3 is 2.33 bits per heavy atom. The van der Waals surface area contributed by atoms with Crippen LogP contribution < -0.4 is 5.43 Å². The summed E-state index contributed by atoms with van der Waals surface area (Å²) in [6, 6.07) is 30.8. The summed E-state index contributed by atoms with van der Waals surface area (Å²) < 4.78 is 0. The van der Waals surface area contributed by atoms with Gasteiger partial charge < -0.3 is 0 Å². The second kappa shape index (κ2) is 9.35. The van der Waals surface area contributed by atoms with Gasteiger partial charge in [0.15, 0.2) is 0 Å². The zero-order chi connectivity index (χ0) is 18.9. The number of benzene rings is 3. The molecule has 134 valence electrons. The fraction of sp³-hybridized carbons (Fsp3) is 0.167. The molecular formula is C24H23N3. The van der Waals surface area contributed by atoms with Crippen molar-refractivity contribution in [3.63, 3.8) is 0 Å². The van der Waals surface area contributed by atoms with Gasteiger partial charge >= 0.3 is 0 Å². The van der Waals surface area contributed by atoms with Gasteiger partial charge in [0.1, 0.15) is 0 Å². The van der Waals surface area contributed by atoms with Crippen molar-refractivity contribution in [3.05, 3.63) is 102 Å². The molecule has 0 aliphatic carbocycles. The number of nitrogens with one attached hydrogen (secondary N) is 1. The molecular weight excluding hydrogens is 330 g/mol. The molecule has 0 saturated carbocycles. The van der Waals surface area contributed by atoms with Crippen LogP contribution in [-0.2, 0) is 0 Å². The molecule has 1 atom stereocenters. The Labute approximate surface area is 161 Å². The highest BCUT2D eigenvalue weighted by atomic mass is 15.3. The van der Waals surface area contributed by atoms with Gasteiger partial charge in [-0.05, 0) is 42.2 Å². The first-order valence-corrected chi connectivity index (χ1v) is 9.13. The van der Waals surface area contributed by atoms with Gasteiger partial charge in [0.25, 0.3) is 0 Å². The van der Waals surface area contributed by atoms with E-state index in [1.807, 2.05) is 48.5 Å². The second-order valence-electron chi connectivity index (χ2n) is 6.58. The Kier molecular flexibility index (Phi) is 6.38. The van der Waals surface area contributed by atoms with E-state index in [0.717, 1.165) is 17.0 Å². The Morgan fingerprint density at radius 2 is 1.67 bits per heavy atom. The van der Waals surface area contributed by atoms with Crippen LogP contribution in [0.15, 0.2) is 90.0 Å². The lowest BCUT2D eigenvalue weighted by Crippen LogP contribution is -2.11. The fourth-order valence-corrected chi connectivity index (χ4v) is 3.08. The zero-order valence-electron chi connectivity index (χ0n) is 15.5. The molecule has 1 N–H and O–H groups in total. The van der Waals surface area contributed by atoms with E-state index in [2.05, 4.69) is 54.8 Å². The SMILES string of the molecule is Cc1cccc(NN=C(CC(CC#N)c2ccccc2)c2ccccc2)c1. The van der Waals surface area contributed by atoms with Gasteiger partial charge in [-0.25, -0.2) is 0 Å². The predicted octanol–water partition coefficient (Wildman–Crippen LogP) is 5.90. The maximum Gasteiger partial charge on any atom is 0.0685 e. The van der Waals surface area contributed by atoms with Crippen LogP contribution in [-0.4, -0.2) is 5.71 Å². The summed E-state index contributed by atoms with van der Waals surface area (Å²) in [6.07, 6.45) is 1.15. The van der Waals surface area contributed by atoms with Gasteiger partial charge in [0.05, 0.1) is 17.5 Å². The molecule has 0 fully saturated rings. The van der Waals surface area contributed by atoms with Crippen molar-refractivity contribution in [2.75, 3.05) is 5.43 Å². The van der Waals surface area contributed by atoms with E-state index in [0.29, 0.717) is 12.8 Å². The maximum atomic E-state index is 9.31. The number of nitriles is 1. The first-order valence-electron chi connectivity index (χ1n) is 9.13. The van der Waals surface area contributed by atoms with Crippen molar-refractivity contribution in [3.8, 4) is 6.07 Å². The van der Waals surface area contributed by atoms with Crippen LogP contribution in [0.25, 0.3) is 0 Å². The molecule has 3 nitrogen and oxygen atoms in total. The molecule has 0 aliphatic rings. The van der Waals surface area contributed by atoms with Crippen molar-refractivity contribution in [2.24, 2.45) is 5.10 Å². The topological polar surface area (TPSA) is 48.2 Å². The molecule has 3 aromatic carbocycles. The zero-order valence-corrected chi connectivity index (χ0v) is 15.5. The number of anilines is 1. The molecule has 0 heterocycles. The molecule has 3 aromatic rings. The third-order valence-electron chi connectivity index (χ3n) is 4.49. The van der Waals surface area contributed by atoms with Crippen molar-refractivity contribution >= 4 is 11.4 Å². The lowest BCUT2D eigenvalue weighted by molar-refractivity contribution is 0.738. The van der Waals surface area contributed by atoms with Crippen LogP contribution in [0.3, 0.4) is 0 Å². The van der Waals surface area contributed by atoms with Gasteiger partial charge in [-0.15, -0.1) is 0 Å². The first-order chi connectivity index (χ1) is 13.3. The van der Waals surface area contributed by atoms with Gasteiger partial charge in [-0.3, -0.25) is 5.43 Å². The number of nitrogens with zero attached hydrogens (tertiary/aromatic N) is 2. The highest BCUT2D eigenvalue weighted by molar-refractivity contribution is 6.01. The molecule has 3 heteroatoms. The van der Waals surface area contributed by atoms with Crippen LogP contribution in [0.4, 0.5) is 5.69 Å². The van der Waals surface area contributed by atoms with Crippen molar-refractivity contribution in [1.29, 1.82) is 5.26 Å². The van der Waals surface area contributed by atoms with E-state index < -0.39 is 0 Å². The Hall–Kier alpha value is -3.38. The summed E-state index contributed by atoms with van der Waals surface area (Å²) in [5, 5.41) is 14.0. The number of hydrazone groups is 1. The molecule has 3 rings (SSSR count). The summed E-state index contributed by atoms with van der Waals surface area (Å²) in [4.78, 5) is 0. The molecule has 0 spiro atoms. The summed E-state index contributed by atoms with van der Waals surface area (Å²) in [5.74, 6) is 0.106. The summed E-state index contributed by atoms with van der Waals surface area (Å²) in [5.41, 5.74) is 8.51. The van der Waals surface area contributed by atoms with Crippen LogP contribution >= 0.6 is 0 Å². The van der Waals surface area contributed by atoms with Crippen LogP contribution in [0.5, 0.6) is 0 Å². The maximum absolute atomic E-state index is 9.31. The number of rotatable bonds is 7. The van der Waals surface area contributed by atoms with E-state index in [-0.39, 0.29) is 5.92 Å². The first kappa shape index (κ1) is 18.4. The standard InChI is InChI=1S/C24H23N3/c1-19-9-8-14-23(17-19)26-27-24(21-12-6-3-7-13-21)18-22(15-16-25)20-10-4-2-5-11-20/h2-14,17,22,26H,15,18H2,1H3. The van der Waals surface area contributed by atoms with Crippen LogP contribution in [0, 0.1) is 18.3 Å². The van der Waals surface area contributed by atoms with E-state index in [1.54, 1.807) is 0 Å². The average molecular weight is 353 g/mol. The van der Waals surface area contributed by atoms with Crippen LogP contribution in [0.1, 0.15) is 35.4 Å². The van der Waals surface area contributed by atoms with Gasteiger partial charge in [-0.1, -0.05) is 72.8 Å². The molecule has 0 radical (unpaired) electrons. The predicted molar refractivity (Wildman–Crippen MR) is 112 cm³/mol. The number of aryl methyl sites for hydroxylation is 1. The third-order valence-corrected chi connectivity index (χ3v) is 4.49. The molecule has 0 aromatic heterocycles. The fourth-order valence-electron chi connectivity index (χ4n) is 3.08. The van der Waals surface area contributed by atoms with Gasteiger partial charge in [0, 0.05) is 12.3 Å². The van der Waals surface area contributed by atoms with Crippen LogP contribution in [0.2, 0.25) is 0 Å². The molecule has 27 heavy (non-hydrogen) atoms. The Bertz CT molecular complexity index is 925. The van der Waals surface area contributed by atoms with E-state index in [9.17, 15) is 5.26 Å². The highest BCUT2D eigenvalue weighted by Crippen LogP contribution is 2.25. The smallest absolute Gasteiger partial charge is 0.0685 e. The van der Waals surface area contributed by atoms with Crippen molar-refractivity contribution in [2.45, 2.75) is 25.7 Å². The Morgan fingerprint density at radius 1 is 0.963 bits per heavy atom. The average Bonchev–Trinajstić information content (AvgIpc) is 2.72. The van der Waals surface area contributed by atoms with Gasteiger partial charge in [0.2, 0.25) is 0 Å². The second-order valence-corrected chi connectivity index (χ2v) is 6.58. The lowest BCUT2D eigenvalue weighted by atomic mass is 9.89. The summed E-state index contributed by atoms with van der Waals surface area (Å²) in [6.45, 7) is 2.06. The highest BCUT2D eigenvalue weighted by Gasteiger charge is 2.16. The molecule has 1 unspecified atom stereocenters. The third kappa shape index (κ3) is 5.29. The van der Waals surface area contributed by atoms with Crippen molar-refractivity contribution < 1.29 is 0 Å². The largest absolute Gasteiger partial charge is 0.278 e. The number of hydrogen-bond donors (Lipinski definition) is 1. The van der Waals surface area contributed by atoms with Gasteiger partial charge in [-0.2, -0.15) is 10.4 Å². The Balaban J connectivity index is 1.89. The normalized spacial score (nSPS) is 12.2. The summed E-state index contributed by atoms with van der Waals surface area (Å²) >= 11 is 0. The van der Waals surface area contributed by atoms with E-state index in [4.69, 9.17) is 5.10 Å². The lowest BCUT2D eigenvalue weighted by Gasteiger charge is -2.16. The number of hydrogen-bond acceptors (Lipinski definition) is 3. The minimum atomic E-state index is 0.106. The van der Waals surface area contributed by atoms with E-state index >= 15 is 0 Å². The molecule has 0 aliphatic heterocycles. The minimum absolute atomic E-state index is 0.106. The molecule has 0 bridgehead atoms. The van der Waals surface area contributed by atoms with Crippen molar-refractivity contribution in [1.82, 2.24) is 0 Å². The summed E-state index contributed by atoms with van der Waals surface area (Å²) in [7, 11) is 0. The van der Waals surface area contributed by atoms with E-state index in [1.165, 1.54) is 11.1 Å². The molecule has 0 amide bonds. The monoisotopic (exact) mass is 353 g/mol. The minimum Gasteiger partial charge on any atom is -0.278 e.